The van der Waals surface area contributed by atoms with Crippen LogP contribution in [0.25, 0.3) is 0 Å². The molecule has 0 spiro atoms. The lowest BCUT2D eigenvalue weighted by Crippen LogP contribution is -2.37. The number of fused-ring (bicyclic) bond motifs is 3. The van der Waals surface area contributed by atoms with Gasteiger partial charge in [0.25, 0.3) is 0 Å². The maximum atomic E-state index is 13.3. The van der Waals surface area contributed by atoms with Crippen LogP contribution in [0.4, 0.5) is 0 Å². The number of hydrogen-bond acceptors (Lipinski definition) is 10. The second kappa shape index (κ2) is 8.84. The van der Waals surface area contributed by atoms with E-state index in [1.807, 2.05) is 42.0 Å². The number of cyclic esters (lactones) is 1. The highest BCUT2D eigenvalue weighted by Crippen LogP contribution is 2.56. The summed E-state index contributed by atoms with van der Waals surface area (Å²) in [7, 11) is 6.90. The van der Waals surface area contributed by atoms with Crippen LogP contribution in [0.15, 0.2) is 30.5 Å². The molecule has 1 aromatic heterocycles. The van der Waals surface area contributed by atoms with Crippen LogP contribution in [0.5, 0.6) is 28.7 Å². The fourth-order valence-electron chi connectivity index (χ4n) is 5.81. The van der Waals surface area contributed by atoms with Crippen LogP contribution < -0.4 is 18.9 Å². The van der Waals surface area contributed by atoms with Crippen molar-refractivity contribution in [1.29, 1.82) is 0 Å². The number of methoxy groups -OCH3 is 2. The largest absolute Gasteiger partial charge is 0.502 e. The average Bonchev–Trinajstić information content (AvgIpc) is 3.62. The Morgan fingerprint density at radius 2 is 1.73 bits per heavy atom. The number of aromatic nitrogens is 3. The maximum absolute atomic E-state index is 13.3. The number of ether oxygens (including phenoxy) is 5. The van der Waals surface area contributed by atoms with E-state index in [-0.39, 0.29) is 48.6 Å². The van der Waals surface area contributed by atoms with Gasteiger partial charge in [-0.05, 0) is 55.1 Å². The lowest BCUT2D eigenvalue weighted by molar-refractivity contribution is -0.141. The molecular formula is C26H28N4O7. The van der Waals surface area contributed by atoms with Gasteiger partial charge in [0, 0.05) is 18.4 Å². The molecule has 4 atom stereocenters. The minimum Gasteiger partial charge on any atom is -0.502 e. The monoisotopic (exact) mass is 508 g/mol. The number of carbonyl (C=O) groups excluding carboxylic acids is 1. The summed E-state index contributed by atoms with van der Waals surface area (Å²) in [5.41, 5.74) is 3.41. The Morgan fingerprint density at radius 1 is 1.05 bits per heavy atom. The minimum atomic E-state index is -0.515. The van der Waals surface area contributed by atoms with E-state index in [0.29, 0.717) is 18.0 Å². The van der Waals surface area contributed by atoms with Crippen molar-refractivity contribution in [3.63, 3.8) is 0 Å². The number of hydrogen-bond donors (Lipinski definition) is 1. The molecule has 1 fully saturated rings. The summed E-state index contributed by atoms with van der Waals surface area (Å²) in [6.45, 7) is 1.01. The standard InChI is InChI=1S/C26H28N4O7/c1-29(2)9-14-10-30(28-27-14)24-16-8-19-18(36-12-37-19)7-15(16)22(23-17(24)11-35-26(23)32)13-5-20(33-3)25(31)21(6-13)34-4/h5-8,10,17,22-24,31H,9,11-12H2,1-4H3/t17-,22+,23-,24+/m0/s1. The van der Waals surface area contributed by atoms with E-state index in [4.69, 9.17) is 23.7 Å². The first-order chi connectivity index (χ1) is 17.9. The fraction of sp³-hybridized carbons (Fsp3) is 0.423. The Labute approximate surface area is 213 Å². The summed E-state index contributed by atoms with van der Waals surface area (Å²) in [5.74, 6) is 0.227. The second-order valence-electron chi connectivity index (χ2n) is 9.78. The molecular weight excluding hydrogens is 480 g/mol. The topological polar surface area (TPSA) is 117 Å². The van der Waals surface area contributed by atoms with Crippen LogP contribution in [0.3, 0.4) is 0 Å². The summed E-state index contributed by atoms with van der Waals surface area (Å²) in [4.78, 5) is 15.3. The number of phenolic OH excluding ortho intramolecular Hbond substituents is 1. The first kappa shape index (κ1) is 23.4. The molecule has 37 heavy (non-hydrogen) atoms. The number of rotatable bonds is 6. The predicted molar refractivity (Wildman–Crippen MR) is 129 cm³/mol. The Hall–Kier alpha value is -3.99. The van der Waals surface area contributed by atoms with E-state index in [2.05, 4.69) is 10.3 Å². The molecule has 11 nitrogen and oxygen atoms in total. The number of phenols is 1. The maximum Gasteiger partial charge on any atom is 0.310 e. The summed E-state index contributed by atoms with van der Waals surface area (Å²) >= 11 is 0. The number of carbonyl (C=O) groups is 1. The van der Waals surface area contributed by atoms with Gasteiger partial charge in [0.2, 0.25) is 12.5 Å². The van der Waals surface area contributed by atoms with Crippen molar-refractivity contribution in [2.45, 2.75) is 18.5 Å². The van der Waals surface area contributed by atoms with Crippen molar-refractivity contribution in [2.24, 2.45) is 11.8 Å². The fourth-order valence-corrected chi connectivity index (χ4v) is 5.81. The SMILES string of the molecule is COc1cc([C@@H]2c3cc4c(cc3[C@@H](n3cc(CN(C)C)nn3)[C@H]3COC(=O)[C@H]23)OCO4)cc(OC)c1O. The molecule has 3 heterocycles. The predicted octanol–water partition coefficient (Wildman–Crippen LogP) is 2.32. The van der Waals surface area contributed by atoms with Gasteiger partial charge in [0.15, 0.2) is 23.0 Å². The molecule has 1 N–H and O–H groups in total. The summed E-state index contributed by atoms with van der Waals surface area (Å²) in [6, 6.07) is 7.08. The molecule has 2 aromatic carbocycles. The molecule has 6 rings (SSSR count). The van der Waals surface area contributed by atoms with Gasteiger partial charge in [-0.1, -0.05) is 5.21 Å². The molecule has 1 saturated heterocycles. The van der Waals surface area contributed by atoms with Crippen LogP contribution in [0.1, 0.15) is 34.3 Å². The van der Waals surface area contributed by atoms with E-state index < -0.39 is 11.8 Å². The van der Waals surface area contributed by atoms with E-state index in [1.165, 1.54) is 14.2 Å². The van der Waals surface area contributed by atoms with Crippen LogP contribution in [0.2, 0.25) is 0 Å². The van der Waals surface area contributed by atoms with E-state index in [1.54, 1.807) is 12.1 Å². The van der Waals surface area contributed by atoms with Gasteiger partial charge < -0.3 is 33.7 Å². The molecule has 0 bridgehead atoms. The van der Waals surface area contributed by atoms with Crippen molar-refractivity contribution in [3.05, 3.63) is 52.8 Å². The molecule has 194 valence electrons. The molecule has 0 unspecified atom stereocenters. The van der Waals surface area contributed by atoms with Gasteiger partial charge in [-0.2, -0.15) is 0 Å². The molecule has 0 radical (unpaired) electrons. The zero-order valence-corrected chi connectivity index (χ0v) is 21.0. The van der Waals surface area contributed by atoms with Gasteiger partial charge in [-0.3, -0.25) is 4.79 Å². The molecule has 3 aromatic rings. The van der Waals surface area contributed by atoms with E-state index in [0.717, 1.165) is 22.4 Å². The van der Waals surface area contributed by atoms with Gasteiger partial charge >= 0.3 is 5.97 Å². The summed E-state index contributed by atoms with van der Waals surface area (Å²) in [6.07, 6.45) is 1.92. The summed E-state index contributed by atoms with van der Waals surface area (Å²) in [5, 5.41) is 19.4. The third-order valence-corrected chi connectivity index (χ3v) is 7.33. The first-order valence-corrected chi connectivity index (χ1v) is 12.0. The van der Waals surface area contributed by atoms with Crippen molar-refractivity contribution >= 4 is 5.97 Å². The van der Waals surface area contributed by atoms with Gasteiger partial charge in [-0.25, -0.2) is 4.68 Å². The van der Waals surface area contributed by atoms with Crippen LogP contribution in [0, 0.1) is 11.8 Å². The number of aromatic hydroxyl groups is 1. The molecule has 11 heteroatoms. The first-order valence-electron chi connectivity index (χ1n) is 12.0. The zero-order chi connectivity index (χ0) is 25.8. The third-order valence-electron chi connectivity index (χ3n) is 7.33. The van der Waals surface area contributed by atoms with E-state index >= 15 is 0 Å². The Bertz CT molecular complexity index is 1350. The van der Waals surface area contributed by atoms with Crippen molar-refractivity contribution in [3.8, 4) is 28.7 Å². The minimum absolute atomic E-state index is 0.102. The van der Waals surface area contributed by atoms with Gasteiger partial charge in [-0.15, -0.1) is 5.10 Å². The molecule has 2 aliphatic heterocycles. The molecule has 1 aliphatic carbocycles. The number of nitrogens with zero attached hydrogens (tertiary/aromatic N) is 4. The highest BCUT2D eigenvalue weighted by molar-refractivity contribution is 5.79. The smallest absolute Gasteiger partial charge is 0.310 e. The number of benzene rings is 2. The second-order valence-corrected chi connectivity index (χ2v) is 9.78. The van der Waals surface area contributed by atoms with Gasteiger partial charge in [0.05, 0.1) is 44.7 Å². The van der Waals surface area contributed by atoms with Crippen LogP contribution >= 0.6 is 0 Å². The molecule has 3 aliphatic rings. The molecule has 0 amide bonds. The average molecular weight is 509 g/mol. The van der Waals surface area contributed by atoms with E-state index in [9.17, 15) is 9.90 Å². The lowest BCUT2D eigenvalue weighted by atomic mass is 9.65. The third kappa shape index (κ3) is 3.72. The number of esters is 1. The Balaban J connectivity index is 1.56. The van der Waals surface area contributed by atoms with Crippen molar-refractivity contribution in [2.75, 3.05) is 41.7 Å². The van der Waals surface area contributed by atoms with Gasteiger partial charge in [0.1, 0.15) is 0 Å². The van der Waals surface area contributed by atoms with Crippen molar-refractivity contribution in [1.82, 2.24) is 19.9 Å². The Morgan fingerprint density at radius 3 is 2.38 bits per heavy atom. The Kier molecular flexibility index (Phi) is 5.59. The highest BCUT2D eigenvalue weighted by Gasteiger charge is 2.53. The van der Waals surface area contributed by atoms with Crippen LogP contribution in [-0.2, 0) is 16.1 Å². The summed E-state index contributed by atoms with van der Waals surface area (Å²) < 4.78 is 29.8. The van der Waals surface area contributed by atoms with Crippen LogP contribution in [-0.4, -0.2) is 72.7 Å². The molecule has 0 saturated carbocycles. The lowest BCUT2D eigenvalue weighted by Gasteiger charge is -2.39. The highest BCUT2D eigenvalue weighted by atomic mass is 16.7. The van der Waals surface area contributed by atoms with Crippen molar-refractivity contribution < 1.29 is 33.6 Å². The normalized spacial score (nSPS) is 23.5. The zero-order valence-electron chi connectivity index (χ0n) is 21.0. The quantitative estimate of drug-likeness (QED) is 0.497.